The first kappa shape index (κ1) is 13.6. The average molecular weight is 241 g/mol. The van der Waals surface area contributed by atoms with Gasteiger partial charge in [-0.1, -0.05) is 6.92 Å². The lowest BCUT2D eigenvalue weighted by Gasteiger charge is -2.04. The summed E-state index contributed by atoms with van der Waals surface area (Å²) in [5.41, 5.74) is 1.18. The number of nitrogens with one attached hydrogen (secondary N) is 2. The lowest BCUT2D eigenvalue weighted by molar-refractivity contribution is 0.593. The van der Waals surface area contributed by atoms with Gasteiger partial charge in [-0.05, 0) is 46.3 Å². The molecule has 4 heteroatoms. The highest BCUT2D eigenvalue weighted by Gasteiger charge is 2.03. The van der Waals surface area contributed by atoms with Crippen LogP contribution in [0.25, 0.3) is 0 Å². The minimum absolute atomic E-state index is 0.963. The van der Waals surface area contributed by atoms with Gasteiger partial charge in [-0.3, -0.25) is 0 Å². The van der Waals surface area contributed by atoms with Crippen LogP contribution in [0.1, 0.15) is 35.3 Å². The van der Waals surface area contributed by atoms with E-state index in [1.54, 1.807) is 11.3 Å². The van der Waals surface area contributed by atoms with Crippen LogP contribution in [-0.2, 0) is 6.54 Å². The predicted octanol–water partition coefficient (Wildman–Crippen LogP) is 2.24. The molecule has 0 saturated carbocycles. The number of aryl methyl sites for hydroxylation is 2. The highest BCUT2D eigenvalue weighted by molar-refractivity contribution is 7.11. The van der Waals surface area contributed by atoms with E-state index in [0.29, 0.717) is 0 Å². The van der Waals surface area contributed by atoms with Crippen molar-refractivity contribution in [3.63, 3.8) is 0 Å². The second kappa shape index (κ2) is 7.76. The standard InChI is InChI=1S/C12H23N3S/c1-4-6-13-7-5-8-14-9-12-10(2)15-11(3)16-12/h13-14H,4-9H2,1-3H3. The van der Waals surface area contributed by atoms with E-state index in [1.807, 2.05) is 0 Å². The third-order valence-corrected chi connectivity index (χ3v) is 3.49. The first-order valence-corrected chi connectivity index (χ1v) is 6.90. The van der Waals surface area contributed by atoms with E-state index in [4.69, 9.17) is 0 Å². The molecular formula is C12H23N3S. The van der Waals surface area contributed by atoms with Crippen molar-refractivity contribution in [2.75, 3.05) is 19.6 Å². The minimum atomic E-state index is 0.963. The fraction of sp³-hybridized carbons (Fsp3) is 0.750. The molecule has 0 radical (unpaired) electrons. The molecule has 2 N–H and O–H groups in total. The molecule has 0 spiro atoms. The summed E-state index contributed by atoms with van der Waals surface area (Å²) in [6, 6.07) is 0. The Kier molecular flexibility index (Phi) is 6.61. The number of nitrogens with zero attached hydrogens (tertiary/aromatic N) is 1. The molecule has 92 valence electrons. The van der Waals surface area contributed by atoms with Gasteiger partial charge in [0.15, 0.2) is 0 Å². The molecule has 1 aromatic rings. The van der Waals surface area contributed by atoms with Crippen LogP contribution in [0.2, 0.25) is 0 Å². The number of hydrogen-bond acceptors (Lipinski definition) is 4. The summed E-state index contributed by atoms with van der Waals surface area (Å²) in [4.78, 5) is 5.79. The Morgan fingerprint density at radius 2 is 1.88 bits per heavy atom. The first-order chi connectivity index (χ1) is 7.74. The van der Waals surface area contributed by atoms with E-state index < -0.39 is 0 Å². The molecule has 0 amide bonds. The number of rotatable bonds is 8. The van der Waals surface area contributed by atoms with E-state index in [9.17, 15) is 0 Å². The van der Waals surface area contributed by atoms with Crippen molar-refractivity contribution >= 4 is 11.3 Å². The van der Waals surface area contributed by atoms with Crippen LogP contribution in [0.3, 0.4) is 0 Å². The lowest BCUT2D eigenvalue weighted by atomic mass is 10.3. The molecule has 0 aromatic carbocycles. The zero-order valence-corrected chi connectivity index (χ0v) is 11.4. The zero-order chi connectivity index (χ0) is 11.8. The van der Waals surface area contributed by atoms with E-state index in [1.165, 1.54) is 28.4 Å². The molecule has 0 unspecified atom stereocenters. The van der Waals surface area contributed by atoms with E-state index in [0.717, 1.165) is 26.2 Å². The van der Waals surface area contributed by atoms with Gasteiger partial charge in [0.2, 0.25) is 0 Å². The molecule has 1 aromatic heterocycles. The summed E-state index contributed by atoms with van der Waals surface area (Å²) in [5, 5.41) is 8.03. The van der Waals surface area contributed by atoms with Gasteiger partial charge in [0.05, 0.1) is 10.7 Å². The summed E-state index contributed by atoms with van der Waals surface area (Å²) < 4.78 is 0. The Balaban J connectivity index is 2.05. The van der Waals surface area contributed by atoms with Gasteiger partial charge in [-0.2, -0.15) is 0 Å². The molecule has 3 nitrogen and oxygen atoms in total. The van der Waals surface area contributed by atoms with Crippen molar-refractivity contribution in [3.05, 3.63) is 15.6 Å². The molecule has 0 atom stereocenters. The summed E-state index contributed by atoms with van der Waals surface area (Å²) in [7, 11) is 0. The predicted molar refractivity (Wildman–Crippen MR) is 71.1 cm³/mol. The SMILES string of the molecule is CCCNCCCNCc1sc(C)nc1C. The minimum Gasteiger partial charge on any atom is -0.317 e. The fourth-order valence-electron chi connectivity index (χ4n) is 1.58. The van der Waals surface area contributed by atoms with E-state index >= 15 is 0 Å². The highest BCUT2D eigenvalue weighted by atomic mass is 32.1. The quantitative estimate of drug-likeness (QED) is 0.685. The van der Waals surface area contributed by atoms with Crippen molar-refractivity contribution in [2.24, 2.45) is 0 Å². The van der Waals surface area contributed by atoms with Gasteiger partial charge in [-0.15, -0.1) is 11.3 Å². The van der Waals surface area contributed by atoms with Gasteiger partial charge in [0.1, 0.15) is 0 Å². The molecule has 1 heterocycles. The highest BCUT2D eigenvalue weighted by Crippen LogP contribution is 2.16. The average Bonchev–Trinajstić information content (AvgIpc) is 2.56. The van der Waals surface area contributed by atoms with Crippen LogP contribution in [0.4, 0.5) is 0 Å². The Labute approximate surface area is 103 Å². The summed E-state index contributed by atoms with van der Waals surface area (Å²) >= 11 is 1.80. The molecule has 0 aliphatic rings. The van der Waals surface area contributed by atoms with Gasteiger partial charge in [0, 0.05) is 11.4 Å². The number of aromatic nitrogens is 1. The molecule has 0 aliphatic heterocycles. The largest absolute Gasteiger partial charge is 0.317 e. The van der Waals surface area contributed by atoms with Crippen molar-refractivity contribution in [2.45, 2.75) is 40.2 Å². The van der Waals surface area contributed by atoms with Crippen LogP contribution in [0.5, 0.6) is 0 Å². The third kappa shape index (κ3) is 5.05. The topological polar surface area (TPSA) is 37.0 Å². The van der Waals surface area contributed by atoms with Crippen LogP contribution < -0.4 is 10.6 Å². The maximum atomic E-state index is 4.42. The third-order valence-electron chi connectivity index (χ3n) is 2.42. The van der Waals surface area contributed by atoms with E-state index in [-0.39, 0.29) is 0 Å². The van der Waals surface area contributed by atoms with Crippen molar-refractivity contribution in [3.8, 4) is 0 Å². The molecular weight excluding hydrogens is 218 g/mol. The van der Waals surface area contributed by atoms with Gasteiger partial charge < -0.3 is 10.6 Å². The second-order valence-electron chi connectivity index (χ2n) is 4.02. The van der Waals surface area contributed by atoms with E-state index in [2.05, 4.69) is 36.4 Å². The Morgan fingerprint density at radius 3 is 2.50 bits per heavy atom. The molecule has 0 bridgehead atoms. The van der Waals surface area contributed by atoms with Crippen LogP contribution in [0, 0.1) is 13.8 Å². The molecule has 0 saturated heterocycles. The summed E-state index contributed by atoms with van der Waals surface area (Å²) in [5.74, 6) is 0. The van der Waals surface area contributed by atoms with Crippen molar-refractivity contribution in [1.29, 1.82) is 0 Å². The Bertz CT molecular complexity index is 296. The van der Waals surface area contributed by atoms with Crippen LogP contribution >= 0.6 is 11.3 Å². The molecule has 0 aliphatic carbocycles. The molecule has 1 rings (SSSR count). The number of thiazole rings is 1. The normalized spacial score (nSPS) is 10.9. The maximum Gasteiger partial charge on any atom is 0.0900 e. The monoisotopic (exact) mass is 241 g/mol. The van der Waals surface area contributed by atoms with Gasteiger partial charge in [0.25, 0.3) is 0 Å². The Morgan fingerprint density at radius 1 is 1.12 bits per heavy atom. The van der Waals surface area contributed by atoms with Crippen LogP contribution in [-0.4, -0.2) is 24.6 Å². The van der Waals surface area contributed by atoms with Crippen molar-refractivity contribution in [1.82, 2.24) is 15.6 Å². The lowest BCUT2D eigenvalue weighted by Crippen LogP contribution is -2.22. The zero-order valence-electron chi connectivity index (χ0n) is 10.6. The second-order valence-corrected chi connectivity index (χ2v) is 5.31. The Hall–Kier alpha value is -0.450. The smallest absolute Gasteiger partial charge is 0.0900 e. The van der Waals surface area contributed by atoms with Crippen molar-refractivity contribution < 1.29 is 0 Å². The maximum absolute atomic E-state index is 4.42. The van der Waals surface area contributed by atoms with Crippen LogP contribution in [0.15, 0.2) is 0 Å². The first-order valence-electron chi connectivity index (χ1n) is 6.08. The number of hydrogen-bond donors (Lipinski definition) is 2. The molecule has 0 fully saturated rings. The van der Waals surface area contributed by atoms with Gasteiger partial charge in [-0.25, -0.2) is 4.98 Å². The fourth-order valence-corrected chi connectivity index (χ4v) is 2.49. The van der Waals surface area contributed by atoms with Gasteiger partial charge >= 0.3 is 0 Å². The summed E-state index contributed by atoms with van der Waals surface area (Å²) in [6.07, 6.45) is 2.41. The molecule has 16 heavy (non-hydrogen) atoms. The summed E-state index contributed by atoms with van der Waals surface area (Å²) in [6.45, 7) is 10.6.